The first-order valence-corrected chi connectivity index (χ1v) is 5.72. The number of ether oxygens (including phenoxy) is 1. The molecule has 0 spiro atoms. The highest BCUT2D eigenvalue weighted by atomic mass is 28.1. The summed E-state index contributed by atoms with van der Waals surface area (Å²) in [4.78, 5) is 13.1. The molecule has 3 radical (unpaired) electrons. The topological polar surface area (TPSA) is 29.5 Å². The van der Waals surface area contributed by atoms with Crippen LogP contribution in [-0.4, -0.2) is 40.4 Å². The third-order valence-corrected chi connectivity index (χ3v) is 2.55. The molecular formula is C10H20NO2Si. The number of hydrogen-bond acceptors (Lipinski definition) is 2. The van der Waals surface area contributed by atoms with Crippen molar-refractivity contribution in [3.63, 3.8) is 0 Å². The van der Waals surface area contributed by atoms with Crippen molar-refractivity contribution in [2.75, 3.05) is 13.6 Å². The minimum absolute atomic E-state index is 0.239. The van der Waals surface area contributed by atoms with Crippen LogP contribution in [0.3, 0.4) is 0 Å². The molecule has 14 heavy (non-hydrogen) atoms. The van der Waals surface area contributed by atoms with Crippen LogP contribution in [-0.2, 0) is 4.74 Å². The molecule has 0 rings (SSSR count). The van der Waals surface area contributed by atoms with E-state index >= 15 is 0 Å². The van der Waals surface area contributed by atoms with Gasteiger partial charge < -0.3 is 9.64 Å². The molecule has 3 nitrogen and oxygen atoms in total. The van der Waals surface area contributed by atoms with Gasteiger partial charge in [0.2, 0.25) is 0 Å². The Morgan fingerprint density at radius 3 is 2.50 bits per heavy atom. The number of hydrogen-bond donors (Lipinski definition) is 0. The third-order valence-electron chi connectivity index (χ3n) is 2.20. The van der Waals surface area contributed by atoms with Crippen LogP contribution in [0.25, 0.3) is 0 Å². The number of nitrogens with zero attached hydrogens (tertiary/aromatic N) is 1. The second kappa shape index (κ2) is 6.06. The lowest BCUT2D eigenvalue weighted by molar-refractivity contribution is 0.0157. The largest absolute Gasteiger partial charge is 0.443 e. The molecule has 0 aliphatic carbocycles. The van der Waals surface area contributed by atoms with E-state index in [1.54, 1.807) is 11.9 Å². The van der Waals surface area contributed by atoms with Crippen LogP contribution in [0.15, 0.2) is 0 Å². The molecule has 1 amide bonds. The van der Waals surface area contributed by atoms with Gasteiger partial charge in [-0.3, -0.25) is 0 Å². The number of rotatable bonds is 5. The molecule has 0 N–H and O–H groups in total. The maximum atomic E-state index is 11.5. The zero-order valence-electron chi connectivity index (χ0n) is 9.59. The molecule has 0 aliphatic rings. The van der Waals surface area contributed by atoms with Gasteiger partial charge in [0.15, 0.2) is 0 Å². The first-order valence-electron chi connectivity index (χ1n) is 5.01. The Bertz CT molecular complexity index is 183. The quantitative estimate of drug-likeness (QED) is 0.657. The van der Waals surface area contributed by atoms with E-state index in [4.69, 9.17) is 4.74 Å². The maximum Gasteiger partial charge on any atom is 0.410 e. The van der Waals surface area contributed by atoms with Crippen LogP contribution in [0.5, 0.6) is 0 Å². The Balaban J connectivity index is 3.95. The monoisotopic (exact) mass is 214 g/mol. The molecule has 4 heteroatoms. The van der Waals surface area contributed by atoms with Gasteiger partial charge in [-0.1, -0.05) is 13.0 Å². The lowest BCUT2D eigenvalue weighted by Gasteiger charge is -2.26. The highest BCUT2D eigenvalue weighted by Gasteiger charge is 2.22. The van der Waals surface area contributed by atoms with E-state index in [0.717, 1.165) is 25.4 Å². The summed E-state index contributed by atoms with van der Waals surface area (Å²) >= 11 is 0. The van der Waals surface area contributed by atoms with E-state index < -0.39 is 0 Å². The van der Waals surface area contributed by atoms with Crippen molar-refractivity contribution in [1.29, 1.82) is 0 Å². The molecule has 0 aliphatic heterocycles. The van der Waals surface area contributed by atoms with Gasteiger partial charge in [0, 0.05) is 23.8 Å². The molecule has 0 aromatic carbocycles. The van der Waals surface area contributed by atoms with Gasteiger partial charge in [-0.05, 0) is 26.7 Å². The van der Waals surface area contributed by atoms with E-state index in [9.17, 15) is 4.79 Å². The molecular weight excluding hydrogens is 194 g/mol. The highest BCUT2D eigenvalue weighted by molar-refractivity contribution is 6.08. The molecule has 0 heterocycles. The van der Waals surface area contributed by atoms with Gasteiger partial charge in [0.25, 0.3) is 0 Å². The molecule has 0 saturated heterocycles. The minimum atomic E-state index is -0.362. The van der Waals surface area contributed by atoms with E-state index in [0.29, 0.717) is 0 Å². The first kappa shape index (κ1) is 13.5. The normalized spacial score (nSPS) is 11.2. The van der Waals surface area contributed by atoms with Crippen LogP contribution in [0.2, 0.25) is 6.04 Å². The summed E-state index contributed by atoms with van der Waals surface area (Å²) < 4.78 is 5.32. The van der Waals surface area contributed by atoms with Crippen molar-refractivity contribution in [2.24, 2.45) is 0 Å². The number of amides is 1. The van der Waals surface area contributed by atoms with Crippen LogP contribution >= 0.6 is 0 Å². The summed E-state index contributed by atoms with van der Waals surface area (Å²) in [6, 6.07) is 0.898. The second-order valence-corrected chi connectivity index (χ2v) is 4.51. The van der Waals surface area contributed by atoms with Crippen molar-refractivity contribution in [3.05, 3.63) is 0 Å². The highest BCUT2D eigenvalue weighted by Crippen LogP contribution is 2.14. The third kappa shape index (κ3) is 5.27. The predicted octanol–water partition coefficient (Wildman–Crippen LogP) is 2.22. The summed E-state index contributed by atoms with van der Waals surface area (Å²) in [5.74, 6) is 0. The summed E-state index contributed by atoms with van der Waals surface area (Å²) in [5, 5.41) is 0. The Morgan fingerprint density at radius 1 is 1.50 bits per heavy atom. The average molecular weight is 214 g/mol. The maximum absolute atomic E-state index is 11.5. The van der Waals surface area contributed by atoms with E-state index in [1.807, 2.05) is 20.8 Å². The zero-order chi connectivity index (χ0) is 11.2. The van der Waals surface area contributed by atoms with Gasteiger partial charge in [-0.15, -0.1) is 0 Å². The predicted molar refractivity (Wildman–Crippen MR) is 58.7 cm³/mol. The summed E-state index contributed by atoms with van der Waals surface area (Å²) in [7, 11) is 5.13. The summed E-state index contributed by atoms with van der Waals surface area (Å²) in [6.07, 6.45) is 1.52. The minimum Gasteiger partial charge on any atom is -0.443 e. The Kier molecular flexibility index (Phi) is 5.84. The first-order chi connectivity index (χ1) is 6.43. The summed E-state index contributed by atoms with van der Waals surface area (Å²) in [6.45, 7) is 6.57. The van der Waals surface area contributed by atoms with Crippen molar-refractivity contribution in [3.8, 4) is 0 Å². The average Bonchev–Trinajstić information content (AvgIpc) is 2.13. The molecule has 0 bridgehead atoms. The SMILES string of the molecule is CCC(C)(C)OC(=O)N(C)CCC[Si]. The second-order valence-electron chi connectivity index (χ2n) is 4.01. The fourth-order valence-electron chi connectivity index (χ4n) is 0.794. The van der Waals surface area contributed by atoms with Gasteiger partial charge in [0.1, 0.15) is 5.60 Å². The summed E-state index contributed by atoms with van der Waals surface area (Å²) in [5.41, 5.74) is -0.362. The van der Waals surface area contributed by atoms with Gasteiger partial charge in [0.05, 0.1) is 0 Å². The van der Waals surface area contributed by atoms with Crippen LogP contribution < -0.4 is 0 Å². The number of carbonyl (C=O) groups excluding carboxylic acids is 1. The lowest BCUT2D eigenvalue weighted by Crippen LogP contribution is -2.36. The molecule has 0 fully saturated rings. The van der Waals surface area contributed by atoms with Crippen LogP contribution in [0, 0.1) is 0 Å². The Labute approximate surface area is 90.2 Å². The Morgan fingerprint density at radius 2 is 2.07 bits per heavy atom. The Hall–Kier alpha value is -0.513. The zero-order valence-corrected chi connectivity index (χ0v) is 10.6. The van der Waals surface area contributed by atoms with Crippen molar-refractivity contribution in [2.45, 2.75) is 45.3 Å². The van der Waals surface area contributed by atoms with E-state index in [-0.39, 0.29) is 11.7 Å². The van der Waals surface area contributed by atoms with Crippen molar-refractivity contribution < 1.29 is 9.53 Å². The molecule has 0 unspecified atom stereocenters. The van der Waals surface area contributed by atoms with Crippen molar-refractivity contribution >= 4 is 16.3 Å². The fraction of sp³-hybridized carbons (Fsp3) is 0.900. The lowest BCUT2D eigenvalue weighted by atomic mass is 10.1. The standard InChI is InChI=1S/C10H20NO2Si/c1-5-10(2,3)13-9(12)11(4)7-6-8-14/h5-8H2,1-4H3. The van der Waals surface area contributed by atoms with Crippen LogP contribution in [0.4, 0.5) is 4.79 Å². The molecule has 0 atom stereocenters. The van der Waals surface area contributed by atoms with Crippen LogP contribution in [0.1, 0.15) is 33.6 Å². The smallest absolute Gasteiger partial charge is 0.410 e. The molecule has 81 valence electrons. The number of carbonyl (C=O) groups is 1. The van der Waals surface area contributed by atoms with E-state index in [1.165, 1.54) is 0 Å². The molecule has 0 aromatic rings. The van der Waals surface area contributed by atoms with Gasteiger partial charge in [-0.25, -0.2) is 4.79 Å². The van der Waals surface area contributed by atoms with Gasteiger partial charge >= 0.3 is 6.09 Å². The molecule has 0 saturated carbocycles. The van der Waals surface area contributed by atoms with Gasteiger partial charge in [-0.2, -0.15) is 0 Å². The van der Waals surface area contributed by atoms with Crippen molar-refractivity contribution in [1.82, 2.24) is 4.90 Å². The van der Waals surface area contributed by atoms with E-state index in [2.05, 4.69) is 10.2 Å². The fourth-order valence-corrected chi connectivity index (χ4v) is 0.952. The molecule has 0 aromatic heterocycles.